The van der Waals surface area contributed by atoms with Crippen LogP contribution in [0.5, 0.6) is 0 Å². The van der Waals surface area contributed by atoms with Gasteiger partial charge in [-0.15, -0.1) is 16.4 Å². The largest absolute Gasteiger partial charge is 0.334 e. The van der Waals surface area contributed by atoms with Crippen LogP contribution in [0.2, 0.25) is 0 Å². The van der Waals surface area contributed by atoms with Crippen LogP contribution >= 0.6 is 11.3 Å². The van der Waals surface area contributed by atoms with Gasteiger partial charge in [0.2, 0.25) is 0 Å². The highest BCUT2D eigenvalue weighted by Crippen LogP contribution is 2.56. The van der Waals surface area contributed by atoms with Crippen molar-refractivity contribution in [3.05, 3.63) is 84.8 Å². The predicted molar refractivity (Wildman–Crippen MR) is 168 cm³/mol. The molecule has 0 spiro atoms. The van der Waals surface area contributed by atoms with Gasteiger partial charge in [0.1, 0.15) is 11.5 Å². The minimum absolute atomic E-state index is 0.148. The van der Waals surface area contributed by atoms with E-state index in [-0.39, 0.29) is 17.2 Å². The molecule has 222 valence electrons. The summed E-state index contributed by atoms with van der Waals surface area (Å²) in [5.41, 5.74) is 5.08. The van der Waals surface area contributed by atoms with Gasteiger partial charge in [0.05, 0.1) is 16.3 Å². The molecule has 1 aliphatic heterocycles. The quantitative estimate of drug-likeness (QED) is 0.225. The topological polar surface area (TPSA) is 103 Å². The molecule has 2 bridgehead atoms. The van der Waals surface area contributed by atoms with Crippen molar-refractivity contribution in [2.24, 2.45) is 0 Å². The number of rotatable bonds is 6. The Morgan fingerprint density at radius 3 is 2.53 bits per heavy atom. The lowest BCUT2D eigenvalue weighted by atomic mass is 9.94. The monoisotopic (exact) mass is 598 g/mol. The molecule has 3 aromatic heterocycles. The first-order valence-electron chi connectivity index (χ1n) is 15.0. The van der Waals surface area contributed by atoms with E-state index < -0.39 is 5.82 Å². The fraction of sp³-hybridized carbons (Fsp3) is 0.394. The van der Waals surface area contributed by atoms with Crippen molar-refractivity contribution in [3.8, 4) is 11.1 Å². The number of halogens is 1. The summed E-state index contributed by atoms with van der Waals surface area (Å²) in [5, 5.41) is 14.7. The Labute approximate surface area is 253 Å². The summed E-state index contributed by atoms with van der Waals surface area (Å²) in [6.07, 6.45) is 5.69. The van der Waals surface area contributed by atoms with Gasteiger partial charge in [-0.1, -0.05) is 6.07 Å². The van der Waals surface area contributed by atoms with Crippen molar-refractivity contribution < 1.29 is 9.18 Å². The van der Waals surface area contributed by atoms with E-state index >= 15 is 4.39 Å². The third-order valence-corrected chi connectivity index (χ3v) is 10.8. The normalized spacial score (nSPS) is 19.9. The highest BCUT2D eigenvalue weighted by molar-refractivity contribution is 7.14. The van der Waals surface area contributed by atoms with Crippen LogP contribution in [0.4, 0.5) is 21.6 Å². The van der Waals surface area contributed by atoms with E-state index in [9.17, 15) is 9.59 Å². The number of amides is 1. The summed E-state index contributed by atoms with van der Waals surface area (Å²) >= 11 is 1.55. The lowest BCUT2D eigenvalue weighted by Gasteiger charge is -2.28. The average molecular weight is 599 g/mol. The average Bonchev–Trinajstić information content (AvgIpc) is 3.73. The number of hydrogen-bond acceptors (Lipinski definition) is 7. The number of hydrogen-bond donors (Lipinski definition) is 3. The summed E-state index contributed by atoms with van der Waals surface area (Å²) in [5.74, 6) is 1.20. The van der Waals surface area contributed by atoms with E-state index in [1.54, 1.807) is 37.3 Å². The SMILES string of the molecule is Cc1[nH]c(=O)c(Nc2ccc(C3CCN(C)CC3)nn2)cc1-c1ccc(F)c(NC(=O)c2cc3c(s2)C2CCC3C2)c1C. The Morgan fingerprint density at radius 2 is 1.79 bits per heavy atom. The van der Waals surface area contributed by atoms with E-state index in [2.05, 4.69) is 37.8 Å². The number of carbonyl (C=O) groups excluding carboxylic acids is 1. The van der Waals surface area contributed by atoms with E-state index in [1.165, 1.54) is 35.8 Å². The Kier molecular flexibility index (Phi) is 7.13. The van der Waals surface area contributed by atoms with Gasteiger partial charge in [-0.05, 0) is 125 Å². The summed E-state index contributed by atoms with van der Waals surface area (Å²) in [7, 11) is 2.13. The smallest absolute Gasteiger partial charge is 0.271 e. The van der Waals surface area contributed by atoms with Crippen molar-refractivity contribution in [1.29, 1.82) is 0 Å². The molecule has 1 saturated heterocycles. The second kappa shape index (κ2) is 11.0. The first-order chi connectivity index (χ1) is 20.7. The molecular weight excluding hydrogens is 563 g/mol. The zero-order valence-corrected chi connectivity index (χ0v) is 25.4. The fourth-order valence-corrected chi connectivity index (χ4v) is 8.33. The number of aromatic nitrogens is 3. The summed E-state index contributed by atoms with van der Waals surface area (Å²) < 4.78 is 15.1. The zero-order chi connectivity index (χ0) is 29.8. The van der Waals surface area contributed by atoms with Gasteiger partial charge in [0.25, 0.3) is 11.5 Å². The highest BCUT2D eigenvalue weighted by atomic mass is 32.1. The Balaban J connectivity index is 1.13. The maximum atomic E-state index is 15.1. The van der Waals surface area contributed by atoms with Crippen LogP contribution in [0.25, 0.3) is 11.1 Å². The first-order valence-corrected chi connectivity index (χ1v) is 15.8. The zero-order valence-electron chi connectivity index (χ0n) is 24.6. The van der Waals surface area contributed by atoms with E-state index in [4.69, 9.17) is 0 Å². The van der Waals surface area contributed by atoms with Gasteiger partial charge in [-0.3, -0.25) is 9.59 Å². The Hall–Kier alpha value is -3.89. The molecule has 1 aromatic carbocycles. The number of fused-ring (bicyclic) bond motifs is 5. The number of likely N-dealkylation sites (tertiary alicyclic amines) is 1. The first kappa shape index (κ1) is 27.9. The van der Waals surface area contributed by atoms with Crippen LogP contribution < -0.4 is 16.2 Å². The highest BCUT2D eigenvalue weighted by Gasteiger charge is 2.39. The molecule has 43 heavy (non-hydrogen) atoms. The molecule has 1 amide bonds. The lowest BCUT2D eigenvalue weighted by Crippen LogP contribution is -2.29. The second-order valence-corrected chi connectivity index (χ2v) is 13.4. The third-order valence-electron chi connectivity index (χ3n) is 9.52. The van der Waals surface area contributed by atoms with E-state index in [0.717, 1.165) is 37.2 Å². The molecule has 8 nitrogen and oxygen atoms in total. The summed E-state index contributed by atoms with van der Waals surface area (Å²) in [6, 6.07) is 10.6. The standard InChI is InChI=1S/C33H35FN6O2S/c1-17-22(6-7-25(34)30(17)37-33(42)28-16-24-20-4-5-21(14-20)31(24)43-28)23-15-27(32(41)35-18(23)2)36-29-9-8-26(38-39-29)19-10-12-40(3)13-11-19/h6-9,15-16,19-21H,4-5,10-14H2,1-3H3,(H,35,41)(H,36,39)(H,37,42). The van der Waals surface area contributed by atoms with Gasteiger partial charge in [0, 0.05) is 22.1 Å². The number of piperidine rings is 1. The van der Waals surface area contributed by atoms with Gasteiger partial charge < -0.3 is 20.5 Å². The van der Waals surface area contributed by atoms with Crippen LogP contribution in [-0.4, -0.2) is 46.1 Å². The second-order valence-electron chi connectivity index (χ2n) is 12.3. The molecule has 2 aliphatic carbocycles. The summed E-state index contributed by atoms with van der Waals surface area (Å²) in [4.78, 5) is 33.4. The molecule has 7 rings (SSSR count). The minimum atomic E-state index is -0.501. The maximum absolute atomic E-state index is 15.1. The molecule has 4 aromatic rings. The predicted octanol–water partition coefficient (Wildman–Crippen LogP) is 6.82. The number of pyridine rings is 1. The van der Waals surface area contributed by atoms with E-state index in [0.29, 0.717) is 51.0 Å². The fourth-order valence-electron chi connectivity index (χ4n) is 7.04. The van der Waals surface area contributed by atoms with Crippen molar-refractivity contribution in [2.75, 3.05) is 30.8 Å². The molecule has 3 N–H and O–H groups in total. The van der Waals surface area contributed by atoms with E-state index in [1.807, 2.05) is 18.2 Å². The number of thiophene rings is 1. The van der Waals surface area contributed by atoms with Gasteiger partial charge in [-0.25, -0.2) is 4.39 Å². The number of aromatic amines is 1. The number of benzene rings is 1. The molecule has 10 heteroatoms. The molecule has 3 aliphatic rings. The molecule has 2 atom stereocenters. The van der Waals surface area contributed by atoms with Crippen molar-refractivity contribution in [2.45, 2.75) is 63.7 Å². The number of aryl methyl sites for hydroxylation is 1. The van der Waals surface area contributed by atoms with Gasteiger partial charge in [-0.2, -0.15) is 5.10 Å². The number of nitrogens with one attached hydrogen (secondary N) is 3. The molecule has 2 fully saturated rings. The van der Waals surface area contributed by atoms with Crippen molar-refractivity contribution >= 4 is 34.4 Å². The lowest BCUT2D eigenvalue weighted by molar-refractivity contribution is 0.103. The number of H-pyrrole nitrogens is 1. The number of nitrogens with zero attached hydrogens (tertiary/aromatic N) is 3. The van der Waals surface area contributed by atoms with Crippen LogP contribution in [0.15, 0.2) is 41.2 Å². The molecule has 2 unspecified atom stereocenters. The molecule has 1 saturated carbocycles. The van der Waals surface area contributed by atoms with Gasteiger partial charge in [0.15, 0.2) is 5.82 Å². The minimum Gasteiger partial charge on any atom is -0.334 e. The maximum Gasteiger partial charge on any atom is 0.271 e. The number of carbonyl (C=O) groups is 1. The van der Waals surface area contributed by atoms with Crippen LogP contribution in [0, 0.1) is 19.7 Å². The van der Waals surface area contributed by atoms with Gasteiger partial charge >= 0.3 is 0 Å². The third kappa shape index (κ3) is 5.16. The Bertz CT molecular complexity index is 1750. The number of anilines is 3. The molecule has 0 radical (unpaired) electrons. The van der Waals surface area contributed by atoms with Crippen LogP contribution in [0.1, 0.15) is 86.9 Å². The molecular formula is C33H35FN6O2S. The van der Waals surface area contributed by atoms with Crippen molar-refractivity contribution in [1.82, 2.24) is 20.1 Å². The van der Waals surface area contributed by atoms with Crippen LogP contribution in [-0.2, 0) is 0 Å². The Morgan fingerprint density at radius 1 is 1.00 bits per heavy atom. The van der Waals surface area contributed by atoms with Crippen LogP contribution in [0.3, 0.4) is 0 Å². The van der Waals surface area contributed by atoms with Crippen molar-refractivity contribution in [3.63, 3.8) is 0 Å². The summed E-state index contributed by atoms with van der Waals surface area (Å²) in [6.45, 7) is 5.67. The molecule has 4 heterocycles.